The summed E-state index contributed by atoms with van der Waals surface area (Å²) in [6.07, 6.45) is -0.0223. The van der Waals surface area contributed by atoms with Crippen molar-refractivity contribution < 1.29 is 4.74 Å². The molecule has 1 aromatic rings. The van der Waals surface area contributed by atoms with Crippen LogP contribution < -0.4 is 4.74 Å². The van der Waals surface area contributed by atoms with Crippen LogP contribution in [0.5, 0.6) is 5.88 Å². The van der Waals surface area contributed by atoms with Crippen molar-refractivity contribution in [2.45, 2.75) is 36.1 Å². The highest BCUT2D eigenvalue weighted by Crippen LogP contribution is 2.37. The molecule has 0 saturated carbocycles. The van der Waals surface area contributed by atoms with E-state index >= 15 is 0 Å². The molecule has 0 amide bonds. The van der Waals surface area contributed by atoms with Gasteiger partial charge in [0.05, 0.1) is 25.0 Å². The van der Waals surface area contributed by atoms with Crippen LogP contribution in [0.2, 0.25) is 5.02 Å². The maximum absolute atomic E-state index is 9.65. The molecule has 1 aromatic heterocycles. The molecule has 1 atom stereocenters. The molecule has 7 heteroatoms. The zero-order valence-electron chi connectivity index (χ0n) is 14.8. The highest BCUT2D eigenvalue weighted by molar-refractivity contribution is 8.00. The molecule has 0 aliphatic heterocycles. The lowest BCUT2D eigenvalue weighted by Gasteiger charge is -2.33. The molecule has 0 aliphatic rings. The topological polar surface area (TPSA) is 52.4 Å². The van der Waals surface area contributed by atoms with Gasteiger partial charge in [-0.2, -0.15) is 5.26 Å². The summed E-state index contributed by atoms with van der Waals surface area (Å²) in [6.45, 7) is 4.13. The van der Waals surface area contributed by atoms with Crippen molar-refractivity contribution in [1.29, 1.82) is 5.26 Å². The predicted octanol–water partition coefficient (Wildman–Crippen LogP) is 3.30. The molecular formula is C16H25ClN4OS. The van der Waals surface area contributed by atoms with E-state index in [4.69, 9.17) is 16.3 Å². The molecule has 0 aromatic carbocycles. The Bertz CT molecular complexity index is 564. The third-order valence-corrected chi connectivity index (χ3v) is 4.84. The number of methoxy groups -OCH3 is 1. The van der Waals surface area contributed by atoms with Crippen molar-refractivity contribution in [2.75, 3.05) is 35.3 Å². The second kappa shape index (κ2) is 8.74. The number of pyridine rings is 1. The smallest absolute Gasteiger partial charge is 0.232 e. The van der Waals surface area contributed by atoms with Crippen LogP contribution >= 0.6 is 23.4 Å². The van der Waals surface area contributed by atoms with Gasteiger partial charge in [0.15, 0.2) is 0 Å². The zero-order chi connectivity index (χ0) is 17.7. The van der Waals surface area contributed by atoms with E-state index in [1.54, 1.807) is 7.11 Å². The predicted molar refractivity (Wildman–Crippen MR) is 96.3 cm³/mol. The monoisotopic (exact) mass is 356 g/mol. The number of nitrogens with zero attached hydrogens (tertiary/aromatic N) is 4. The van der Waals surface area contributed by atoms with Gasteiger partial charge in [-0.25, -0.2) is 4.98 Å². The maximum atomic E-state index is 9.65. The van der Waals surface area contributed by atoms with E-state index in [0.717, 1.165) is 10.6 Å². The third-order valence-electron chi connectivity index (χ3n) is 3.39. The quantitative estimate of drug-likeness (QED) is 0.552. The molecule has 1 rings (SSSR count). The standard InChI is InChI=1S/C16H25ClN4OS/c1-10(2)14-12(8-11(17)15(19-14)22-7)23-13(9-18)16(20(3)4)21(5)6/h8,10,13,16H,1-7H3. The number of ether oxygens (including phenoxy) is 1. The van der Waals surface area contributed by atoms with Crippen molar-refractivity contribution in [1.82, 2.24) is 14.8 Å². The lowest BCUT2D eigenvalue weighted by Crippen LogP contribution is -2.47. The first kappa shape index (κ1) is 20.0. The van der Waals surface area contributed by atoms with Gasteiger partial charge in [-0.3, -0.25) is 9.80 Å². The van der Waals surface area contributed by atoms with Crippen molar-refractivity contribution in [3.8, 4) is 11.9 Å². The van der Waals surface area contributed by atoms with E-state index in [9.17, 15) is 5.26 Å². The summed E-state index contributed by atoms with van der Waals surface area (Å²) in [7, 11) is 9.43. The van der Waals surface area contributed by atoms with Gasteiger partial charge in [-0.05, 0) is 40.2 Å². The first-order valence-electron chi connectivity index (χ1n) is 7.36. The number of aromatic nitrogens is 1. The van der Waals surface area contributed by atoms with Crippen molar-refractivity contribution in [3.63, 3.8) is 0 Å². The Labute approximate surface area is 148 Å². The Morgan fingerprint density at radius 2 is 1.83 bits per heavy atom. The molecule has 128 valence electrons. The first-order chi connectivity index (χ1) is 10.7. The van der Waals surface area contributed by atoms with Gasteiger partial charge in [0.1, 0.15) is 10.3 Å². The van der Waals surface area contributed by atoms with Gasteiger partial charge in [0.2, 0.25) is 5.88 Å². The number of rotatable bonds is 7. The second-order valence-electron chi connectivity index (χ2n) is 6.03. The lowest BCUT2D eigenvalue weighted by molar-refractivity contribution is 0.138. The summed E-state index contributed by atoms with van der Waals surface area (Å²) in [5.74, 6) is 0.630. The fourth-order valence-corrected chi connectivity index (χ4v) is 4.23. The second-order valence-corrected chi connectivity index (χ2v) is 7.62. The van der Waals surface area contributed by atoms with Gasteiger partial charge in [0, 0.05) is 4.90 Å². The highest BCUT2D eigenvalue weighted by Gasteiger charge is 2.28. The largest absolute Gasteiger partial charge is 0.480 e. The maximum Gasteiger partial charge on any atom is 0.232 e. The molecule has 0 saturated heterocycles. The summed E-state index contributed by atoms with van der Waals surface area (Å²) in [5, 5.41) is 9.84. The summed E-state index contributed by atoms with van der Waals surface area (Å²) >= 11 is 7.73. The number of halogens is 1. The zero-order valence-corrected chi connectivity index (χ0v) is 16.4. The van der Waals surface area contributed by atoms with E-state index in [2.05, 4.69) is 24.9 Å². The number of hydrogen-bond acceptors (Lipinski definition) is 6. The molecule has 0 N–H and O–H groups in total. The molecule has 0 fully saturated rings. The Balaban J connectivity index is 3.24. The minimum absolute atomic E-state index is 0.0223. The normalized spacial score (nSPS) is 13.0. The van der Waals surface area contributed by atoms with Crippen LogP contribution in [0.15, 0.2) is 11.0 Å². The van der Waals surface area contributed by atoms with E-state index in [1.807, 2.05) is 44.1 Å². The van der Waals surface area contributed by atoms with Crippen molar-refractivity contribution in [3.05, 3.63) is 16.8 Å². The third kappa shape index (κ3) is 4.98. The Morgan fingerprint density at radius 1 is 1.26 bits per heavy atom. The highest BCUT2D eigenvalue weighted by atomic mass is 35.5. The molecule has 23 heavy (non-hydrogen) atoms. The van der Waals surface area contributed by atoms with Gasteiger partial charge in [0.25, 0.3) is 0 Å². The molecule has 0 aliphatic carbocycles. The Hall–Kier alpha value is -1.00. The van der Waals surface area contributed by atoms with E-state index in [1.165, 1.54) is 11.8 Å². The SMILES string of the molecule is COc1nc(C(C)C)c(SC(C#N)C(N(C)C)N(C)C)cc1Cl. The summed E-state index contributed by atoms with van der Waals surface area (Å²) < 4.78 is 5.21. The van der Waals surface area contributed by atoms with Gasteiger partial charge < -0.3 is 4.74 Å². The van der Waals surface area contributed by atoms with Gasteiger partial charge in [-0.1, -0.05) is 25.4 Å². The minimum atomic E-state index is -0.274. The van der Waals surface area contributed by atoms with Crippen LogP contribution in [0, 0.1) is 11.3 Å². The molecule has 5 nitrogen and oxygen atoms in total. The number of nitriles is 1. The summed E-state index contributed by atoms with van der Waals surface area (Å²) in [6, 6.07) is 4.25. The molecule has 0 spiro atoms. The molecule has 1 heterocycles. The fraction of sp³-hybridized carbons (Fsp3) is 0.625. The summed E-state index contributed by atoms with van der Waals surface area (Å²) in [5.41, 5.74) is 0.896. The molecular weight excluding hydrogens is 332 g/mol. The van der Waals surface area contributed by atoms with Crippen molar-refractivity contribution in [2.24, 2.45) is 0 Å². The fourth-order valence-electron chi connectivity index (χ4n) is 2.41. The van der Waals surface area contributed by atoms with Crippen LogP contribution in [-0.4, -0.2) is 61.5 Å². The number of thioether (sulfide) groups is 1. The number of hydrogen-bond donors (Lipinski definition) is 0. The molecule has 0 radical (unpaired) electrons. The van der Waals surface area contributed by atoms with Crippen LogP contribution in [0.4, 0.5) is 0 Å². The molecule has 1 unspecified atom stereocenters. The van der Waals surface area contributed by atoms with Gasteiger partial charge in [-0.15, -0.1) is 11.8 Å². The van der Waals surface area contributed by atoms with Crippen molar-refractivity contribution >= 4 is 23.4 Å². The van der Waals surface area contributed by atoms with E-state index in [-0.39, 0.29) is 17.3 Å². The minimum Gasteiger partial charge on any atom is -0.480 e. The average Bonchev–Trinajstić information content (AvgIpc) is 2.45. The Kier molecular flexibility index (Phi) is 7.62. The van der Waals surface area contributed by atoms with Gasteiger partial charge >= 0.3 is 0 Å². The van der Waals surface area contributed by atoms with E-state index in [0.29, 0.717) is 10.9 Å². The van der Waals surface area contributed by atoms with Crippen LogP contribution in [-0.2, 0) is 0 Å². The molecule has 0 bridgehead atoms. The van der Waals surface area contributed by atoms with Crippen LogP contribution in [0.3, 0.4) is 0 Å². The lowest BCUT2D eigenvalue weighted by atomic mass is 10.1. The summed E-state index contributed by atoms with van der Waals surface area (Å²) in [4.78, 5) is 9.51. The first-order valence-corrected chi connectivity index (χ1v) is 8.62. The van der Waals surface area contributed by atoms with E-state index < -0.39 is 0 Å². The average molecular weight is 357 g/mol. The van der Waals surface area contributed by atoms with Crippen LogP contribution in [0.1, 0.15) is 25.5 Å². The Morgan fingerprint density at radius 3 is 2.22 bits per heavy atom. The van der Waals surface area contributed by atoms with Crippen LogP contribution in [0.25, 0.3) is 0 Å².